The number of hydrazine groups is 1. The molecule has 1 fully saturated rings. The molecule has 1 aliphatic heterocycles. The Hall–Kier alpha value is -1.49. The van der Waals surface area contributed by atoms with Gasteiger partial charge in [0.2, 0.25) is 0 Å². The second-order valence-electron chi connectivity index (χ2n) is 5.10. The quantitative estimate of drug-likeness (QED) is 0.646. The normalized spacial score (nSPS) is 20.8. The molecule has 2 atom stereocenters. The molecule has 4 nitrogen and oxygen atoms in total. The van der Waals surface area contributed by atoms with E-state index in [1.54, 1.807) is 0 Å². The maximum atomic E-state index is 5.68. The van der Waals surface area contributed by atoms with Crippen LogP contribution in [0.4, 0.5) is 0 Å². The van der Waals surface area contributed by atoms with Gasteiger partial charge in [0.05, 0.1) is 12.1 Å². The van der Waals surface area contributed by atoms with Crippen LogP contribution in [0.5, 0.6) is 0 Å². The Morgan fingerprint density at radius 2 is 2.21 bits per heavy atom. The largest absolute Gasteiger partial charge is 0.381 e. The smallest absolute Gasteiger partial charge is 0.0705 e. The van der Waals surface area contributed by atoms with Crippen molar-refractivity contribution in [1.82, 2.24) is 10.4 Å². The van der Waals surface area contributed by atoms with Crippen molar-refractivity contribution >= 4 is 10.9 Å². The molecule has 19 heavy (non-hydrogen) atoms. The highest BCUT2D eigenvalue weighted by atomic mass is 16.5. The molecule has 1 aromatic heterocycles. The van der Waals surface area contributed by atoms with Gasteiger partial charge in [0.1, 0.15) is 0 Å². The van der Waals surface area contributed by atoms with Crippen LogP contribution in [0.1, 0.15) is 12.1 Å². The van der Waals surface area contributed by atoms with Gasteiger partial charge in [0, 0.05) is 36.1 Å². The topological polar surface area (TPSA) is 60.2 Å². The molecule has 3 N–H and O–H groups in total. The lowest BCUT2D eigenvalue weighted by Gasteiger charge is -2.21. The van der Waals surface area contributed by atoms with Gasteiger partial charge in [-0.25, -0.2) is 0 Å². The van der Waals surface area contributed by atoms with Gasteiger partial charge in [0.15, 0.2) is 0 Å². The minimum absolute atomic E-state index is 0.233. The number of fused-ring (bicyclic) bond motifs is 1. The summed E-state index contributed by atoms with van der Waals surface area (Å²) < 4.78 is 5.43. The summed E-state index contributed by atoms with van der Waals surface area (Å²) in [7, 11) is 0. The number of pyridine rings is 1. The van der Waals surface area contributed by atoms with Crippen LogP contribution in [-0.4, -0.2) is 24.2 Å². The number of ether oxygens (including phenoxy) is 1. The van der Waals surface area contributed by atoms with Crippen molar-refractivity contribution in [2.45, 2.75) is 18.9 Å². The summed E-state index contributed by atoms with van der Waals surface area (Å²) >= 11 is 0. The van der Waals surface area contributed by atoms with E-state index in [2.05, 4.69) is 23.6 Å². The molecule has 1 saturated heterocycles. The first-order valence-corrected chi connectivity index (χ1v) is 6.75. The second kappa shape index (κ2) is 5.65. The number of hydrogen-bond donors (Lipinski definition) is 2. The first kappa shape index (κ1) is 12.5. The summed E-state index contributed by atoms with van der Waals surface area (Å²) in [6.45, 7) is 1.64. The van der Waals surface area contributed by atoms with Crippen molar-refractivity contribution in [2.24, 2.45) is 11.8 Å². The van der Waals surface area contributed by atoms with Crippen LogP contribution >= 0.6 is 0 Å². The molecule has 0 spiro atoms. The van der Waals surface area contributed by atoms with Gasteiger partial charge in [-0.3, -0.25) is 16.3 Å². The van der Waals surface area contributed by atoms with E-state index in [0.717, 1.165) is 37.3 Å². The van der Waals surface area contributed by atoms with E-state index in [1.165, 1.54) is 5.39 Å². The fourth-order valence-electron chi connectivity index (χ4n) is 2.68. The van der Waals surface area contributed by atoms with E-state index >= 15 is 0 Å². The summed E-state index contributed by atoms with van der Waals surface area (Å²) in [5, 5.41) is 1.17. The molecule has 100 valence electrons. The van der Waals surface area contributed by atoms with Gasteiger partial charge in [-0.2, -0.15) is 0 Å². The van der Waals surface area contributed by atoms with E-state index in [9.17, 15) is 0 Å². The zero-order chi connectivity index (χ0) is 13.1. The van der Waals surface area contributed by atoms with Crippen molar-refractivity contribution in [1.29, 1.82) is 0 Å². The number of benzene rings is 1. The van der Waals surface area contributed by atoms with Crippen LogP contribution in [0.15, 0.2) is 36.4 Å². The fourth-order valence-corrected chi connectivity index (χ4v) is 2.68. The summed E-state index contributed by atoms with van der Waals surface area (Å²) in [4.78, 5) is 4.70. The predicted molar refractivity (Wildman–Crippen MR) is 75.5 cm³/mol. The summed E-state index contributed by atoms with van der Waals surface area (Å²) in [5.74, 6) is 6.16. The summed E-state index contributed by atoms with van der Waals surface area (Å²) in [6.07, 6.45) is 1.91. The number of hydrogen-bond acceptors (Lipinski definition) is 4. The fraction of sp³-hybridized carbons (Fsp3) is 0.400. The average Bonchev–Trinajstić information content (AvgIpc) is 2.98. The highest BCUT2D eigenvalue weighted by Gasteiger charge is 2.25. The van der Waals surface area contributed by atoms with E-state index < -0.39 is 0 Å². The Kier molecular flexibility index (Phi) is 3.73. The molecule has 2 unspecified atom stereocenters. The molecule has 3 rings (SSSR count). The standard InChI is InChI=1S/C15H19N3O/c16-18-15(12-7-8-19-10-12)9-13-6-5-11-3-1-2-4-14(11)17-13/h1-6,12,15,18H,7-10,16H2. The van der Waals surface area contributed by atoms with E-state index in [4.69, 9.17) is 15.6 Å². The SMILES string of the molecule is NNC(Cc1ccc2ccccc2n1)C1CCOC1. The Morgan fingerprint density at radius 3 is 3.00 bits per heavy atom. The third kappa shape index (κ3) is 2.76. The molecule has 0 aliphatic carbocycles. The van der Waals surface area contributed by atoms with Gasteiger partial charge in [-0.15, -0.1) is 0 Å². The van der Waals surface area contributed by atoms with Crippen molar-refractivity contribution in [3.63, 3.8) is 0 Å². The van der Waals surface area contributed by atoms with Crippen LogP contribution in [0.3, 0.4) is 0 Å². The number of para-hydroxylation sites is 1. The third-order valence-corrected chi connectivity index (χ3v) is 3.83. The molecular formula is C15H19N3O. The Morgan fingerprint density at radius 1 is 1.32 bits per heavy atom. The van der Waals surface area contributed by atoms with Crippen molar-refractivity contribution in [2.75, 3.05) is 13.2 Å². The predicted octanol–water partition coefficient (Wildman–Crippen LogP) is 1.65. The molecular weight excluding hydrogens is 238 g/mol. The first-order chi connectivity index (χ1) is 9.36. The van der Waals surface area contributed by atoms with Crippen molar-refractivity contribution in [3.8, 4) is 0 Å². The molecule has 4 heteroatoms. The van der Waals surface area contributed by atoms with Crippen LogP contribution in [0.25, 0.3) is 10.9 Å². The number of nitrogens with one attached hydrogen (secondary N) is 1. The maximum Gasteiger partial charge on any atom is 0.0705 e. The lowest BCUT2D eigenvalue weighted by atomic mass is 9.95. The molecule has 2 aromatic rings. The number of rotatable bonds is 4. The van der Waals surface area contributed by atoms with Crippen LogP contribution in [0.2, 0.25) is 0 Å². The van der Waals surface area contributed by atoms with Crippen LogP contribution in [0, 0.1) is 5.92 Å². The van der Waals surface area contributed by atoms with E-state index in [-0.39, 0.29) is 6.04 Å². The Bertz CT molecular complexity index is 552. The number of nitrogens with two attached hydrogens (primary N) is 1. The number of nitrogens with zero attached hydrogens (tertiary/aromatic N) is 1. The first-order valence-electron chi connectivity index (χ1n) is 6.75. The zero-order valence-electron chi connectivity index (χ0n) is 10.9. The third-order valence-electron chi connectivity index (χ3n) is 3.83. The van der Waals surface area contributed by atoms with Gasteiger partial charge in [0.25, 0.3) is 0 Å². The highest BCUT2D eigenvalue weighted by Crippen LogP contribution is 2.20. The second-order valence-corrected chi connectivity index (χ2v) is 5.10. The molecule has 0 bridgehead atoms. The van der Waals surface area contributed by atoms with Crippen molar-refractivity contribution < 1.29 is 4.74 Å². The van der Waals surface area contributed by atoms with Crippen LogP contribution in [-0.2, 0) is 11.2 Å². The summed E-state index contributed by atoms with van der Waals surface area (Å²) in [5.41, 5.74) is 5.04. The molecule has 0 radical (unpaired) electrons. The van der Waals surface area contributed by atoms with E-state index in [1.807, 2.05) is 18.2 Å². The van der Waals surface area contributed by atoms with Gasteiger partial charge in [-0.05, 0) is 18.6 Å². The van der Waals surface area contributed by atoms with Gasteiger partial charge in [-0.1, -0.05) is 24.3 Å². The molecule has 0 saturated carbocycles. The Balaban J connectivity index is 1.79. The highest BCUT2D eigenvalue weighted by molar-refractivity contribution is 5.78. The summed E-state index contributed by atoms with van der Waals surface area (Å²) in [6, 6.07) is 12.6. The monoisotopic (exact) mass is 257 g/mol. The van der Waals surface area contributed by atoms with Gasteiger partial charge >= 0.3 is 0 Å². The minimum Gasteiger partial charge on any atom is -0.381 e. The minimum atomic E-state index is 0.233. The molecule has 1 aliphatic rings. The molecule has 2 heterocycles. The lowest BCUT2D eigenvalue weighted by Crippen LogP contribution is -2.42. The lowest BCUT2D eigenvalue weighted by molar-refractivity contribution is 0.176. The van der Waals surface area contributed by atoms with E-state index in [0.29, 0.717) is 5.92 Å². The van der Waals surface area contributed by atoms with Gasteiger partial charge < -0.3 is 4.74 Å². The average molecular weight is 257 g/mol. The molecule has 1 aromatic carbocycles. The molecule has 0 amide bonds. The number of aromatic nitrogens is 1. The zero-order valence-corrected chi connectivity index (χ0v) is 10.9. The van der Waals surface area contributed by atoms with Crippen LogP contribution < -0.4 is 11.3 Å². The Labute approximate surface area is 112 Å². The maximum absolute atomic E-state index is 5.68. The van der Waals surface area contributed by atoms with Crippen molar-refractivity contribution in [3.05, 3.63) is 42.1 Å².